The average molecular weight is 399 g/mol. The fourth-order valence-electron chi connectivity index (χ4n) is 3.49. The van der Waals surface area contributed by atoms with E-state index in [1.54, 1.807) is 12.3 Å². The van der Waals surface area contributed by atoms with E-state index in [4.69, 9.17) is 0 Å². The summed E-state index contributed by atoms with van der Waals surface area (Å²) in [4.78, 5) is 26.8. The van der Waals surface area contributed by atoms with Gasteiger partial charge in [0.25, 0.3) is 5.91 Å². The van der Waals surface area contributed by atoms with Gasteiger partial charge in [0.1, 0.15) is 5.69 Å². The summed E-state index contributed by atoms with van der Waals surface area (Å²) >= 11 is 0. The van der Waals surface area contributed by atoms with Crippen molar-refractivity contribution in [3.05, 3.63) is 89.9 Å². The van der Waals surface area contributed by atoms with Gasteiger partial charge in [-0.3, -0.25) is 4.79 Å². The SMILES string of the molecule is CCN(Cc1ccccc1)c1nccc(C(=O)NCCc2c[nH]c3ccccc23)n1. The van der Waals surface area contributed by atoms with Crippen LogP contribution in [-0.4, -0.2) is 33.9 Å². The Balaban J connectivity index is 1.39. The van der Waals surface area contributed by atoms with Crippen LogP contribution in [0.5, 0.6) is 0 Å². The van der Waals surface area contributed by atoms with Crippen molar-refractivity contribution in [1.82, 2.24) is 20.3 Å². The molecule has 2 N–H and O–H groups in total. The maximum absolute atomic E-state index is 12.6. The highest BCUT2D eigenvalue weighted by atomic mass is 16.1. The first kappa shape index (κ1) is 19.6. The van der Waals surface area contributed by atoms with Crippen LogP contribution >= 0.6 is 0 Å². The summed E-state index contributed by atoms with van der Waals surface area (Å²) in [5.74, 6) is 0.375. The summed E-state index contributed by atoms with van der Waals surface area (Å²) < 4.78 is 0. The van der Waals surface area contributed by atoms with Gasteiger partial charge in [0.05, 0.1) is 0 Å². The molecule has 0 aliphatic heterocycles. The Morgan fingerprint density at radius 2 is 1.87 bits per heavy atom. The van der Waals surface area contributed by atoms with Crippen LogP contribution in [0.2, 0.25) is 0 Å². The highest BCUT2D eigenvalue weighted by molar-refractivity contribution is 5.92. The van der Waals surface area contributed by atoms with Gasteiger partial charge >= 0.3 is 0 Å². The van der Waals surface area contributed by atoms with Gasteiger partial charge in [-0.05, 0) is 36.6 Å². The van der Waals surface area contributed by atoms with E-state index in [1.165, 1.54) is 16.5 Å². The Labute approximate surface area is 176 Å². The number of nitrogens with zero attached hydrogens (tertiary/aromatic N) is 3. The predicted octanol–water partition coefficient (Wildman–Crippen LogP) is 3.96. The van der Waals surface area contributed by atoms with E-state index >= 15 is 0 Å². The molecule has 0 radical (unpaired) electrons. The Hall–Kier alpha value is -3.67. The summed E-state index contributed by atoms with van der Waals surface area (Å²) in [5, 5.41) is 4.16. The summed E-state index contributed by atoms with van der Waals surface area (Å²) in [5.41, 5.74) is 3.86. The lowest BCUT2D eigenvalue weighted by molar-refractivity contribution is 0.0949. The zero-order chi connectivity index (χ0) is 20.8. The molecule has 4 rings (SSSR count). The first-order valence-corrected chi connectivity index (χ1v) is 10.2. The molecular weight excluding hydrogens is 374 g/mol. The molecule has 4 aromatic rings. The molecule has 6 heteroatoms. The van der Waals surface area contributed by atoms with Crippen LogP contribution in [0.3, 0.4) is 0 Å². The Kier molecular flexibility index (Phi) is 6.03. The van der Waals surface area contributed by atoms with Crippen molar-refractivity contribution in [3.8, 4) is 0 Å². The van der Waals surface area contributed by atoms with Gasteiger partial charge in [-0.2, -0.15) is 0 Å². The maximum Gasteiger partial charge on any atom is 0.270 e. The molecule has 0 spiro atoms. The first-order valence-electron chi connectivity index (χ1n) is 10.2. The van der Waals surface area contributed by atoms with Crippen LogP contribution < -0.4 is 10.2 Å². The molecule has 0 bridgehead atoms. The lowest BCUT2D eigenvalue weighted by Crippen LogP contribution is -2.29. The minimum Gasteiger partial charge on any atom is -0.361 e. The number of aromatic nitrogens is 3. The monoisotopic (exact) mass is 399 g/mol. The Morgan fingerprint density at radius 3 is 2.70 bits per heavy atom. The Morgan fingerprint density at radius 1 is 1.07 bits per heavy atom. The molecule has 2 heterocycles. The smallest absolute Gasteiger partial charge is 0.270 e. The topological polar surface area (TPSA) is 73.9 Å². The first-order chi connectivity index (χ1) is 14.7. The number of fused-ring (bicyclic) bond motifs is 1. The van der Waals surface area contributed by atoms with Crippen LogP contribution in [-0.2, 0) is 13.0 Å². The van der Waals surface area contributed by atoms with E-state index in [1.807, 2.05) is 36.5 Å². The van der Waals surface area contributed by atoms with Crippen molar-refractivity contribution in [2.45, 2.75) is 19.9 Å². The van der Waals surface area contributed by atoms with E-state index < -0.39 is 0 Å². The molecule has 0 atom stereocenters. The molecule has 0 aliphatic carbocycles. The fraction of sp³-hybridized carbons (Fsp3) is 0.208. The van der Waals surface area contributed by atoms with Crippen LogP contribution in [0.15, 0.2) is 73.1 Å². The van der Waals surface area contributed by atoms with E-state index in [0.29, 0.717) is 24.7 Å². The predicted molar refractivity (Wildman–Crippen MR) is 120 cm³/mol. The zero-order valence-electron chi connectivity index (χ0n) is 17.0. The number of aromatic amines is 1. The largest absolute Gasteiger partial charge is 0.361 e. The second-order valence-electron chi connectivity index (χ2n) is 7.11. The summed E-state index contributed by atoms with van der Waals surface area (Å²) in [6.07, 6.45) is 4.40. The number of rotatable bonds is 8. The molecule has 0 saturated carbocycles. The average Bonchev–Trinajstić information content (AvgIpc) is 3.21. The number of nitrogens with one attached hydrogen (secondary N) is 2. The summed E-state index contributed by atoms with van der Waals surface area (Å²) in [6.45, 7) is 4.05. The quantitative estimate of drug-likeness (QED) is 0.470. The van der Waals surface area contributed by atoms with Crippen molar-refractivity contribution in [2.24, 2.45) is 0 Å². The van der Waals surface area contributed by atoms with Crippen LogP contribution in [0.25, 0.3) is 10.9 Å². The number of carbonyl (C=O) groups excluding carboxylic acids is 1. The minimum absolute atomic E-state index is 0.186. The van der Waals surface area contributed by atoms with Crippen LogP contribution in [0, 0.1) is 0 Å². The number of amides is 1. The minimum atomic E-state index is -0.186. The van der Waals surface area contributed by atoms with Crippen molar-refractivity contribution in [3.63, 3.8) is 0 Å². The van der Waals surface area contributed by atoms with E-state index in [9.17, 15) is 4.79 Å². The normalized spacial score (nSPS) is 10.8. The summed E-state index contributed by atoms with van der Waals surface area (Å²) in [6, 6.07) is 20.0. The molecule has 30 heavy (non-hydrogen) atoms. The van der Waals surface area contributed by atoms with E-state index in [-0.39, 0.29) is 5.91 Å². The summed E-state index contributed by atoms with van der Waals surface area (Å²) in [7, 11) is 0. The molecule has 6 nitrogen and oxygen atoms in total. The van der Waals surface area contributed by atoms with Crippen LogP contribution in [0.4, 0.5) is 5.95 Å². The van der Waals surface area contributed by atoms with Crippen molar-refractivity contribution >= 4 is 22.8 Å². The zero-order valence-corrected chi connectivity index (χ0v) is 17.0. The number of H-pyrrole nitrogens is 1. The van der Waals surface area contributed by atoms with Gasteiger partial charge in [0.15, 0.2) is 0 Å². The second kappa shape index (κ2) is 9.22. The molecular formula is C24H25N5O. The number of anilines is 1. The van der Waals surface area contributed by atoms with Gasteiger partial charge in [-0.1, -0.05) is 48.5 Å². The third-order valence-electron chi connectivity index (χ3n) is 5.11. The van der Waals surface area contributed by atoms with Gasteiger partial charge in [0, 0.05) is 42.9 Å². The molecule has 0 aliphatic rings. The van der Waals surface area contributed by atoms with Crippen LogP contribution in [0.1, 0.15) is 28.5 Å². The number of carbonyl (C=O) groups is 1. The van der Waals surface area contributed by atoms with Gasteiger partial charge < -0.3 is 15.2 Å². The molecule has 2 aromatic heterocycles. The molecule has 0 unspecified atom stereocenters. The highest BCUT2D eigenvalue weighted by Gasteiger charge is 2.13. The fourth-order valence-corrected chi connectivity index (χ4v) is 3.49. The van der Waals surface area contributed by atoms with Gasteiger partial charge in [0.2, 0.25) is 5.95 Å². The molecule has 1 amide bonds. The number of hydrogen-bond donors (Lipinski definition) is 2. The van der Waals surface area contributed by atoms with Gasteiger partial charge in [-0.15, -0.1) is 0 Å². The Bertz CT molecular complexity index is 1120. The number of para-hydroxylation sites is 1. The lowest BCUT2D eigenvalue weighted by Gasteiger charge is -2.21. The highest BCUT2D eigenvalue weighted by Crippen LogP contribution is 2.18. The third-order valence-corrected chi connectivity index (χ3v) is 5.11. The lowest BCUT2D eigenvalue weighted by atomic mass is 10.1. The second-order valence-corrected chi connectivity index (χ2v) is 7.11. The van der Waals surface area contributed by atoms with E-state index in [0.717, 1.165) is 18.5 Å². The van der Waals surface area contributed by atoms with Crippen molar-refractivity contribution in [1.29, 1.82) is 0 Å². The molecule has 2 aromatic carbocycles. The maximum atomic E-state index is 12.6. The molecule has 0 saturated heterocycles. The number of benzene rings is 2. The van der Waals surface area contributed by atoms with E-state index in [2.05, 4.69) is 56.4 Å². The molecule has 152 valence electrons. The number of hydrogen-bond acceptors (Lipinski definition) is 4. The van der Waals surface area contributed by atoms with Gasteiger partial charge in [-0.25, -0.2) is 9.97 Å². The molecule has 0 fully saturated rings. The van der Waals surface area contributed by atoms with Crippen molar-refractivity contribution < 1.29 is 4.79 Å². The standard InChI is InChI=1S/C24H25N5O/c1-2-29(17-18-8-4-3-5-9-18)24-26-15-13-22(28-24)23(30)25-14-12-19-16-27-21-11-7-6-10-20(19)21/h3-11,13,15-16,27H,2,12,14,17H2,1H3,(H,25,30). The third kappa shape index (κ3) is 4.49. The van der Waals surface area contributed by atoms with Crippen molar-refractivity contribution in [2.75, 3.05) is 18.0 Å².